The van der Waals surface area contributed by atoms with Crippen LogP contribution in [0.2, 0.25) is 0 Å². The van der Waals surface area contributed by atoms with Gasteiger partial charge in [-0.25, -0.2) is 4.79 Å². The second kappa shape index (κ2) is 14.7. The third-order valence-corrected chi connectivity index (χ3v) is 5.40. The number of carboxylic acids is 1. The Balaban J connectivity index is 5.30. The van der Waals surface area contributed by atoms with Gasteiger partial charge in [-0.2, -0.15) is 11.8 Å². The Bertz CT molecular complexity index is 673. The van der Waals surface area contributed by atoms with E-state index in [1.807, 2.05) is 6.26 Å². The molecule has 0 fully saturated rings. The Labute approximate surface area is 193 Å². The number of rotatable bonds is 15. The molecule has 0 rings (SSSR count). The molecular weight excluding hydrogens is 438 g/mol. The minimum absolute atomic E-state index is 0.173. The van der Waals surface area contributed by atoms with E-state index in [0.29, 0.717) is 12.2 Å². The summed E-state index contributed by atoms with van der Waals surface area (Å²) in [6.45, 7) is 6.86. The van der Waals surface area contributed by atoms with Crippen molar-refractivity contribution in [3.8, 4) is 0 Å². The molecule has 12 heteroatoms. The van der Waals surface area contributed by atoms with Crippen molar-refractivity contribution in [3.63, 3.8) is 0 Å². The van der Waals surface area contributed by atoms with Crippen molar-refractivity contribution in [1.82, 2.24) is 16.0 Å². The molecule has 8 N–H and O–H groups in total. The quantitative estimate of drug-likeness (QED) is 0.177. The summed E-state index contributed by atoms with van der Waals surface area (Å²) >= 11 is 1.55. The lowest BCUT2D eigenvalue weighted by Gasteiger charge is -2.28. The number of carbonyl (C=O) groups is 5. The largest absolute Gasteiger partial charge is 0.480 e. The van der Waals surface area contributed by atoms with Crippen LogP contribution in [-0.2, 0) is 24.0 Å². The average Bonchev–Trinajstić information content (AvgIpc) is 2.69. The maximum atomic E-state index is 12.9. The van der Waals surface area contributed by atoms with Crippen LogP contribution >= 0.6 is 11.8 Å². The van der Waals surface area contributed by atoms with E-state index in [1.165, 1.54) is 0 Å². The number of thioether (sulfide) groups is 1. The fourth-order valence-corrected chi connectivity index (χ4v) is 3.24. The molecule has 32 heavy (non-hydrogen) atoms. The summed E-state index contributed by atoms with van der Waals surface area (Å²) in [6.07, 6.45) is 1.97. The normalized spacial score (nSPS) is 14.9. The number of nitrogens with two attached hydrogens (primary N) is 2. The zero-order valence-electron chi connectivity index (χ0n) is 19.3. The van der Waals surface area contributed by atoms with Gasteiger partial charge in [-0.15, -0.1) is 0 Å². The lowest BCUT2D eigenvalue weighted by Crippen LogP contribution is -2.59. The zero-order chi connectivity index (χ0) is 25.0. The van der Waals surface area contributed by atoms with Gasteiger partial charge in [0, 0.05) is 6.42 Å². The van der Waals surface area contributed by atoms with Crippen LogP contribution in [0.4, 0.5) is 0 Å². The van der Waals surface area contributed by atoms with Crippen LogP contribution in [0.25, 0.3) is 0 Å². The fraction of sp³-hybridized carbons (Fsp3) is 0.750. The van der Waals surface area contributed by atoms with Crippen LogP contribution in [0.15, 0.2) is 0 Å². The Hall–Kier alpha value is -2.34. The van der Waals surface area contributed by atoms with E-state index in [0.717, 1.165) is 0 Å². The molecule has 0 aromatic rings. The standard InChI is InChI=1S/C20H37N5O6S/c1-10(2)15(18(28)23-13(20(30)31)6-7-14(22)26)25-19(29)16(11(3)4)24-17(27)12(21)8-9-32-5/h10-13,15-16H,6-9,21H2,1-5H3,(H2,22,26)(H,23,28)(H,24,27)(H,25,29)(H,30,31). The van der Waals surface area contributed by atoms with E-state index in [2.05, 4.69) is 16.0 Å². The molecule has 0 aromatic heterocycles. The summed E-state index contributed by atoms with van der Waals surface area (Å²) in [5.41, 5.74) is 10.9. The van der Waals surface area contributed by atoms with Crippen molar-refractivity contribution in [1.29, 1.82) is 0 Å². The average molecular weight is 476 g/mol. The summed E-state index contributed by atoms with van der Waals surface area (Å²) in [5.74, 6) is -3.73. The van der Waals surface area contributed by atoms with Gasteiger partial charge in [0.15, 0.2) is 0 Å². The van der Waals surface area contributed by atoms with Crippen LogP contribution in [0.1, 0.15) is 47.0 Å². The number of nitrogens with one attached hydrogen (secondary N) is 3. The Morgan fingerprint density at radius 2 is 1.31 bits per heavy atom. The number of primary amides is 1. The zero-order valence-corrected chi connectivity index (χ0v) is 20.2. The summed E-state index contributed by atoms with van der Waals surface area (Å²) in [7, 11) is 0. The topological polar surface area (TPSA) is 194 Å². The molecule has 0 aliphatic heterocycles. The minimum atomic E-state index is -1.33. The first kappa shape index (κ1) is 29.7. The lowest BCUT2D eigenvalue weighted by atomic mass is 9.98. The number of carbonyl (C=O) groups excluding carboxylic acids is 4. The van der Waals surface area contributed by atoms with E-state index in [4.69, 9.17) is 11.5 Å². The van der Waals surface area contributed by atoms with Gasteiger partial charge < -0.3 is 32.5 Å². The molecule has 4 unspecified atom stereocenters. The summed E-state index contributed by atoms with van der Waals surface area (Å²) in [6, 6.07) is -4.08. The van der Waals surface area contributed by atoms with Gasteiger partial charge in [0.2, 0.25) is 23.6 Å². The monoisotopic (exact) mass is 475 g/mol. The molecule has 0 saturated carbocycles. The predicted molar refractivity (Wildman–Crippen MR) is 123 cm³/mol. The molecule has 0 heterocycles. The van der Waals surface area contributed by atoms with Crippen LogP contribution in [0, 0.1) is 11.8 Å². The van der Waals surface area contributed by atoms with Crippen molar-refractivity contribution in [2.45, 2.75) is 71.1 Å². The van der Waals surface area contributed by atoms with Crippen LogP contribution in [-0.4, -0.2) is 70.9 Å². The number of aliphatic carboxylic acids is 1. The van der Waals surface area contributed by atoms with Gasteiger partial charge in [-0.1, -0.05) is 27.7 Å². The van der Waals surface area contributed by atoms with E-state index in [-0.39, 0.29) is 24.7 Å². The van der Waals surface area contributed by atoms with Crippen molar-refractivity contribution >= 4 is 41.4 Å². The van der Waals surface area contributed by atoms with Gasteiger partial charge in [-0.3, -0.25) is 19.2 Å². The van der Waals surface area contributed by atoms with Gasteiger partial charge in [0.1, 0.15) is 18.1 Å². The van der Waals surface area contributed by atoms with Crippen molar-refractivity contribution in [3.05, 3.63) is 0 Å². The first-order valence-electron chi connectivity index (χ1n) is 10.5. The molecule has 0 saturated heterocycles. The van der Waals surface area contributed by atoms with Gasteiger partial charge in [0.05, 0.1) is 6.04 Å². The van der Waals surface area contributed by atoms with Crippen molar-refractivity contribution < 1.29 is 29.1 Å². The highest BCUT2D eigenvalue weighted by Crippen LogP contribution is 2.09. The summed E-state index contributed by atoms with van der Waals surface area (Å²) in [4.78, 5) is 60.3. The highest BCUT2D eigenvalue weighted by atomic mass is 32.2. The molecule has 184 valence electrons. The van der Waals surface area contributed by atoms with E-state index >= 15 is 0 Å². The van der Waals surface area contributed by atoms with Crippen molar-refractivity contribution in [2.75, 3.05) is 12.0 Å². The van der Waals surface area contributed by atoms with Crippen LogP contribution in [0.5, 0.6) is 0 Å². The number of hydrogen-bond acceptors (Lipinski definition) is 7. The van der Waals surface area contributed by atoms with E-state index in [9.17, 15) is 29.1 Å². The van der Waals surface area contributed by atoms with Gasteiger partial charge in [-0.05, 0) is 36.7 Å². The molecule has 4 atom stereocenters. The van der Waals surface area contributed by atoms with Gasteiger partial charge in [0.25, 0.3) is 0 Å². The Kier molecular flexibility index (Phi) is 13.6. The van der Waals surface area contributed by atoms with Gasteiger partial charge >= 0.3 is 5.97 Å². The minimum Gasteiger partial charge on any atom is -0.480 e. The molecule has 4 amide bonds. The highest BCUT2D eigenvalue weighted by Gasteiger charge is 2.33. The SMILES string of the molecule is CSCCC(N)C(=O)NC(C(=O)NC(C(=O)NC(CCC(N)=O)C(=O)O)C(C)C)C(C)C. The number of carboxylic acid groups (broad SMARTS) is 1. The maximum Gasteiger partial charge on any atom is 0.326 e. The van der Waals surface area contributed by atoms with Crippen LogP contribution in [0.3, 0.4) is 0 Å². The second-order valence-corrected chi connectivity index (χ2v) is 9.24. The molecule has 0 spiro atoms. The fourth-order valence-electron chi connectivity index (χ4n) is 2.75. The third-order valence-electron chi connectivity index (χ3n) is 4.76. The van der Waals surface area contributed by atoms with E-state index < -0.39 is 53.8 Å². The molecule has 0 radical (unpaired) electrons. The first-order chi connectivity index (χ1) is 14.8. The summed E-state index contributed by atoms with van der Waals surface area (Å²) in [5, 5.41) is 16.9. The first-order valence-corrected chi connectivity index (χ1v) is 11.9. The maximum absolute atomic E-state index is 12.9. The third kappa shape index (κ3) is 10.8. The molecule has 0 aliphatic rings. The highest BCUT2D eigenvalue weighted by molar-refractivity contribution is 7.98. The Morgan fingerprint density at radius 1 is 0.844 bits per heavy atom. The summed E-state index contributed by atoms with van der Waals surface area (Å²) < 4.78 is 0. The number of hydrogen-bond donors (Lipinski definition) is 6. The Morgan fingerprint density at radius 3 is 1.72 bits per heavy atom. The van der Waals surface area contributed by atoms with Crippen LogP contribution < -0.4 is 27.4 Å². The predicted octanol–water partition coefficient (Wildman–Crippen LogP) is -0.817. The molecule has 11 nitrogen and oxygen atoms in total. The molecule has 0 aliphatic carbocycles. The smallest absolute Gasteiger partial charge is 0.326 e. The lowest BCUT2D eigenvalue weighted by molar-refractivity contribution is -0.143. The van der Waals surface area contributed by atoms with E-state index in [1.54, 1.807) is 39.5 Å². The molecule has 0 bridgehead atoms. The second-order valence-electron chi connectivity index (χ2n) is 8.25. The van der Waals surface area contributed by atoms with Crippen molar-refractivity contribution in [2.24, 2.45) is 23.3 Å². The molecular formula is C20H37N5O6S. The number of amides is 4. The molecule has 0 aromatic carbocycles.